The van der Waals surface area contributed by atoms with E-state index in [0.29, 0.717) is 27.6 Å². The molecular weight excluding hydrogens is 539 g/mol. The second-order valence-electron chi connectivity index (χ2n) is 7.73. The van der Waals surface area contributed by atoms with E-state index in [9.17, 15) is 14.4 Å². The van der Waals surface area contributed by atoms with Crippen LogP contribution in [0.1, 0.15) is 21.5 Å². The number of ether oxygens (including phenoxy) is 2. The summed E-state index contributed by atoms with van der Waals surface area (Å²) < 4.78 is 11.4. The third kappa shape index (κ3) is 5.59. The summed E-state index contributed by atoms with van der Waals surface area (Å²) >= 11 is 17.3. The summed E-state index contributed by atoms with van der Waals surface area (Å²) in [6.07, 6.45) is 1.38. The Hall–Kier alpha value is -3.92. The summed E-state index contributed by atoms with van der Waals surface area (Å²) in [6.45, 7) is 0.0794. The highest BCUT2D eigenvalue weighted by Crippen LogP contribution is 2.35. The summed E-state index contributed by atoms with van der Waals surface area (Å²) in [6, 6.07) is 15.8. The SMILES string of the molecule is COc1cccc(/C=C2\C(=O)NC(=S)N(c3ccc(Cl)c(Cl)c3)C2=O)c1OCc1ccc(C(=O)O)cc1. The Kier molecular flexibility index (Phi) is 7.77. The molecule has 188 valence electrons. The van der Waals surface area contributed by atoms with Gasteiger partial charge in [-0.1, -0.05) is 47.5 Å². The van der Waals surface area contributed by atoms with Gasteiger partial charge in [0.05, 0.1) is 28.4 Å². The maximum absolute atomic E-state index is 13.4. The second-order valence-corrected chi connectivity index (χ2v) is 8.93. The van der Waals surface area contributed by atoms with E-state index >= 15 is 0 Å². The monoisotopic (exact) mass is 556 g/mol. The topological polar surface area (TPSA) is 105 Å². The minimum Gasteiger partial charge on any atom is -0.493 e. The number of carbonyl (C=O) groups excluding carboxylic acids is 2. The number of hydrogen-bond donors (Lipinski definition) is 2. The van der Waals surface area contributed by atoms with Gasteiger partial charge in [-0.15, -0.1) is 0 Å². The van der Waals surface area contributed by atoms with Gasteiger partial charge in [0.1, 0.15) is 12.2 Å². The van der Waals surface area contributed by atoms with Crippen molar-refractivity contribution in [2.24, 2.45) is 0 Å². The molecule has 4 rings (SSSR count). The Bertz CT molecular complexity index is 1460. The van der Waals surface area contributed by atoms with Crippen LogP contribution in [0, 0.1) is 0 Å². The molecule has 0 bridgehead atoms. The molecule has 3 aromatic carbocycles. The largest absolute Gasteiger partial charge is 0.493 e. The zero-order valence-corrected chi connectivity index (χ0v) is 21.5. The number of benzene rings is 3. The number of nitrogens with one attached hydrogen (secondary N) is 1. The van der Waals surface area contributed by atoms with Gasteiger partial charge in [-0.2, -0.15) is 0 Å². The highest BCUT2D eigenvalue weighted by molar-refractivity contribution is 7.80. The number of para-hydroxylation sites is 1. The van der Waals surface area contributed by atoms with Gasteiger partial charge in [0.2, 0.25) is 0 Å². The average molecular weight is 557 g/mol. The number of carbonyl (C=O) groups is 3. The molecule has 37 heavy (non-hydrogen) atoms. The van der Waals surface area contributed by atoms with Crippen LogP contribution in [0.2, 0.25) is 10.0 Å². The van der Waals surface area contributed by atoms with E-state index in [1.54, 1.807) is 36.4 Å². The van der Waals surface area contributed by atoms with Crippen LogP contribution >= 0.6 is 35.4 Å². The Morgan fingerprint density at radius 2 is 1.81 bits per heavy atom. The predicted octanol–water partition coefficient (Wildman–Crippen LogP) is 5.11. The fourth-order valence-electron chi connectivity index (χ4n) is 3.53. The van der Waals surface area contributed by atoms with E-state index in [4.69, 9.17) is 50.0 Å². The molecule has 1 fully saturated rings. The molecular formula is C26H18Cl2N2O6S. The summed E-state index contributed by atoms with van der Waals surface area (Å²) in [5.74, 6) is -1.71. The molecule has 2 amide bonds. The molecule has 1 aliphatic heterocycles. The van der Waals surface area contributed by atoms with E-state index in [1.165, 1.54) is 37.5 Å². The van der Waals surface area contributed by atoms with Crippen molar-refractivity contribution in [3.05, 3.63) is 93.0 Å². The van der Waals surface area contributed by atoms with Crippen LogP contribution in [0.3, 0.4) is 0 Å². The lowest BCUT2D eigenvalue weighted by molar-refractivity contribution is -0.122. The van der Waals surface area contributed by atoms with Crippen LogP contribution in [0.25, 0.3) is 6.08 Å². The molecule has 1 saturated heterocycles. The molecule has 0 saturated carbocycles. The minimum atomic E-state index is -1.03. The number of methoxy groups -OCH3 is 1. The predicted molar refractivity (Wildman–Crippen MR) is 143 cm³/mol. The number of amides is 2. The van der Waals surface area contributed by atoms with Crippen molar-refractivity contribution in [3.8, 4) is 11.5 Å². The highest BCUT2D eigenvalue weighted by atomic mass is 35.5. The Labute approximate surface area is 227 Å². The van der Waals surface area contributed by atoms with E-state index in [2.05, 4.69) is 5.32 Å². The summed E-state index contributed by atoms with van der Waals surface area (Å²) in [5, 5.41) is 12.0. The second kappa shape index (κ2) is 11.0. The van der Waals surface area contributed by atoms with Crippen LogP contribution in [0.4, 0.5) is 5.69 Å². The van der Waals surface area contributed by atoms with Crippen molar-refractivity contribution in [2.75, 3.05) is 12.0 Å². The molecule has 1 aliphatic rings. The molecule has 1 heterocycles. The lowest BCUT2D eigenvalue weighted by Gasteiger charge is -2.29. The number of nitrogens with zero attached hydrogens (tertiary/aromatic N) is 1. The van der Waals surface area contributed by atoms with Crippen molar-refractivity contribution in [1.82, 2.24) is 5.32 Å². The molecule has 0 aromatic heterocycles. The third-order valence-corrected chi connectivity index (χ3v) is 6.40. The van der Waals surface area contributed by atoms with Crippen LogP contribution in [-0.4, -0.2) is 35.1 Å². The highest BCUT2D eigenvalue weighted by Gasteiger charge is 2.35. The number of anilines is 1. The molecule has 8 nitrogen and oxygen atoms in total. The van der Waals surface area contributed by atoms with Crippen LogP contribution in [-0.2, 0) is 16.2 Å². The van der Waals surface area contributed by atoms with Gasteiger partial charge >= 0.3 is 5.97 Å². The first kappa shape index (κ1) is 26.2. The van der Waals surface area contributed by atoms with Crippen LogP contribution in [0.5, 0.6) is 11.5 Å². The fraction of sp³-hybridized carbons (Fsp3) is 0.0769. The van der Waals surface area contributed by atoms with Crippen LogP contribution < -0.4 is 19.7 Å². The van der Waals surface area contributed by atoms with Gasteiger partial charge in [0, 0.05) is 5.56 Å². The summed E-state index contributed by atoms with van der Waals surface area (Å²) in [7, 11) is 1.46. The summed E-state index contributed by atoms with van der Waals surface area (Å²) in [5.41, 5.74) is 1.41. The first-order chi connectivity index (χ1) is 17.7. The van der Waals surface area contributed by atoms with E-state index < -0.39 is 17.8 Å². The van der Waals surface area contributed by atoms with Gasteiger partial charge < -0.3 is 14.6 Å². The van der Waals surface area contributed by atoms with E-state index in [1.807, 2.05) is 0 Å². The Balaban J connectivity index is 1.68. The zero-order chi connectivity index (χ0) is 26.7. The van der Waals surface area contributed by atoms with Gasteiger partial charge in [0.25, 0.3) is 11.8 Å². The number of rotatable bonds is 7. The normalized spacial score (nSPS) is 14.5. The molecule has 0 aliphatic carbocycles. The maximum atomic E-state index is 13.4. The number of halogens is 2. The van der Waals surface area contributed by atoms with Crippen molar-refractivity contribution in [3.63, 3.8) is 0 Å². The minimum absolute atomic E-state index is 0.0794. The van der Waals surface area contributed by atoms with Gasteiger partial charge in [-0.25, -0.2) is 4.79 Å². The molecule has 0 spiro atoms. The van der Waals surface area contributed by atoms with E-state index in [-0.39, 0.29) is 33.6 Å². The van der Waals surface area contributed by atoms with Crippen LogP contribution in [0.15, 0.2) is 66.2 Å². The quantitative estimate of drug-likeness (QED) is 0.236. The molecule has 0 atom stereocenters. The van der Waals surface area contributed by atoms with E-state index in [0.717, 1.165) is 4.90 Å². The summed E-state index contributed by atoms with van der Waals surface area (Å²) in [4.78, 5) is 38.4. The van der Waals surface area contributed by atoms with Crippen molar-refractivity contribution < 1.29 is 29.0 Å². The molecule has 11 heteroatoms. The average Bonchev–Trinajstić information content (AvgIpc) is 2.87. The lowest BCUT2D eigenvalue weighted by Crippen LogP contribution is -2.54. The molecule has 0 unspecified atom stereocenters. The van der Waals surface area contributed by atoms with Crippen molar-refractivity contribution in [2.45, 2.75) is 6.61 Å². The molecule has 2 N–H and O–H groups in total. The number of carboxylic acids is 1. The Morgan fingerprint density at radius 3 is 2.46 bits per heavy atom. The van der Waals surface area contributed by atoms with Gasteiger partial charge in [0.15, 0.2) is 16.6 Å². The number of thiocarbonyl (C=S) groups is 1. The smallest absolute Gasteiger partial charge is 0.335 e. The first-order valence-electron chi connectivity index (χ1n) is 10.7. The van der Waals surface area contributed by atoms with Gasteiger partial charge in [-0.3, -0.25) is 19.8 Å². The standard InChI is InChI=1S/C26H18Cl2N2O6S/c1-35-21-4-2-3-16(22(21)36-13-14-5-7-15(8-6-14)25(33)34)11-18-23(31)29-26(37)30(24(18)32)17-9-10-19(27)20(28)12-17/h2-12H,13H2,1H3,(H,33,34)(H,29,31,37)/b18-11+. The number of aromatic carboxylic acids is 1. The molecule has 0 radical (unpaired) electrons. The number of hydrogen-bond acceptors (Lipinski definition) is 6. The Morgan fingerprint density at radius 1 is 1.08 bits per heavy atom. The van der Waals surface area contributed by atoms with Crippen molar-refractivity contribution in [1.29, 1.82) is 0 Å². The first-order valence-corrected chi connectivity index (χ1v) is 11.8. The zero-order valence-electron chi connectivity index (χ0n) is 19.2. The van der Waals surface area contributed by atoms with Gasteiger partial charge in [-0.05, 0) is 60.3 Å². The maximum Gasteiger partial charge on any atom is 0.335 e. The fourth-order valence-corrected chi connectivity index (χ4v) is 4.11. The lowest BCUT2D eigenvalue weighted by atomic mass is 10.1. The third-order valence-electron chi connectivity index (χ3n) is 5.38. The number of carboxylic acid groups (broad SMARTS) is 1. The van der Waals surface area contributed by atoms with Crippen molar-refractivity contribution >= 4 is 70.1 Å². The molecule has 3 aromatic rings.